The summed E-state index contributed by atoms with van der Waals surface area (Å²) in [5.41, 5.74) is 3.31. The Labute approximate surface area is 77.2 Å². The second-order valence-corrected chi connectivity index (χ2v) is 3.06. The van der Waals surface area contributed by atoms with Gasteiger partial charge in [-0.1, -0.05) is 13.8 Å². The average molecular weight is 175 g/mol. The van der Waals surface area contributed by atoms with Crippen molar-refractivity contribution < 1.29 is 0 Å². The smallest absolute Gasteiger partial charge is 0.114 e. The molecule has 0 aliphatic carbocycles. The van der Waals surface area contributed by atoms with Crippen LogP contribution >= 0.6 is 0 Å². The normalized spacial score (nSPS) is 10.9. The molecular weight excluding hydrogens is 162 g/mol. The number of rotatable bonds is 2. The molecule has 0 aromatic carbocycles. The highest BCUT2D eigenvalue weighted by Crippen LogP contribution is 2.18. The van der Waals surface area contributed by atoms with Crippen LogP contribution < -0.4 is 0 Å². The fraction of sp³-hybridized carbons (Fsp3) is 0.400. The first-order valence-electron chi connectivity index (χ1n) is 4.67. The Morgan fingerprint density at radius 2 is 2.15 bits per heavy atom. The van der Waals surface area contributed by atoms with E-state index in [4.69, 9.17) is 0 Å². The molecule has 3 nitrogen and oxygen atoms in total. The zero-order chi connectivity index (χ0) is 9.26. The Morgan fingerprint density at radius 3 is 2.85 bits per heavy atom. The van der Waals surface area contributed by atoms with Crippen LogP contribution in [0.5, 0.6) is 0 Å². The number of fused-ring (bicyclic) bond motifs is 1. The second kappa shape index (κ2) is 3.17. The van der Waals surface area contributed by atoms with Gasteiger partial charge in [-0.2, -0.15) is 5.10 Å². The van der Waals surface area contributed by atoms with Gasteiger partial charge in [0.2, 0.25) is 0 Å². The number of hydrogen-bond donors (Lipinski definition) is 1. The van der Waals surface area contributed by atoms with E-state index in [0.29, 0.717) is 0 Å². The summed E-state index contributed by atoms with van der Waals surface area (Å²) < 4.78 is 0. The highest BCUT2D eigenvalue weighted by molar-refractivity contribution is 5.82. The Morgan fingerprint density at radius 1 is 1.31 bits per heavy atom. The molecule has 2 aromatic heterocycles. The number of pyridine rings is 1. The fourth-order valence-corrected chi connectivity index (χ4v) is 1.58. The van der Waals surface area contributed by atoms with Crippen molar-refractivity contribution >= 4 is 10.9 Å². The van der Waals surface area contributed by atoms with Crippen molar-refractivity contribution in [1.29, 1.82) is 0 Å². The number of nitrogens with zero attached hydrogens (tertiary/aromatic N) is 2. The zero-order valence-electron chi connectivity index (χ0n) is 7.96. The summed E-state index contributed by atoms with van der Waals surface area (Å²) in [4.78, 5) is 4.29. The number of aromatic nitrogens is 3. The van der Waals surface area contributed by atoms with E-state index in [-0.39, 0.29) is 0 Å². The molecule has 0 radical (unpaired) electrons. The van der Waals surface area contributed by atoms with Gasteiger partial charge >= 0.3 is 0 Å². The minimum atomic E-state index is 0.936. The van der Waals surface area contributed by atoms with Gasteiger partial charge in [0, 0.05) is 17.3 Å². The van der Waals surface area contributed by atoms with E-state index in [1.165, 1.54) is 11.1 Å². The van der Waals surface area contributed by atoms with Gasteiger partial charge in [0.1, 0.15) is 5.52 Å². The van der Waals surface area contributed by atoms with Gasteiger partial charge in [-0.05, 0) is 18.9 Å². The molecule has 13 heavy (non-hydrogen) atoms. The van der Waals surface area contributed by atoms with Crippen molar-refractivity contribution in [1.82, 2.24) is 15.2 Å². The van der Waals surface area contributed by atoms with Crippen molar-refractivity contribution in [2.24, 2.45) is 0 Å². The van der Waals surface area contributed by atoms with Crippen LogP contribution in [0.1, 0.15) is 25.2 Å². The summed E-state index contributed by atoms with van der Waals surface area (Å²) in [6, 6.07) is 2.02. The zero-order valence-corrected chi connectivity index (χ0v) is 7.96. The van der Waals surface area contributed by atoms with Crippen LogP contribution in [0.4, 0.5) is 0 Å². The molecule has 0 saturated heterocycles. The molecule has 2 heterocycles. The summed E-state index contributed by atoms with van der Waals surface area (Å²) in [7, 11) is 0. The highest BCUT2D eigenvalue weighted by atomic mass is 15.1. The lowest BCUT2D eigenvalue weighted by Gasteiger charge is -1.96. The second-order valence-electron chi connectivity index (χ2n) is 3.06. The first-order chi connectivity index (χ1) is 6.36. The quantitative estimate of drug-likeness (QED) is 0.759. The average Bonchev–Trinajstić information content (AvgIpc) is 2.60. The molecular formula is C10H13N3. The summed E-state index contributed by atoms with van der Waals surface area (Å²) in [6.07, 6.45) is 3.78. The van der Waals surface area contributed by atoms with Crippen LogP contribution in [0.25, 0.3) is 10.9 Å². The van der Waals surface area contributed by atoms with Crippen LogP contribution in [-0.4, -0.2) is 15.2 Å². The monoisotopic (exact) mass is 175 g/mol. The Hall–Kier alpha value is -1.38. The van der Waals surface area contributed by atoms with Gasteiger partial charge in [-0.25, -0.2) is 0 Å². The standard InChI is InChI=1S/C10H13N3/c1-3-8-7-5-6-11-9(4-2)10(7)13-12-8/h5-6H,3-4H2,1-2H3,(H,12,13). The van der Waals surface area contributed by atoms with E-state index >= 15 is 0 Å². The third kappa shape index (κ3) is 1.20. The van der Waals surface area contributed by atoms with Gasteiger partial charge < -0.3 is 0 Å². The lowest BCUT2D eigenvalue weighted by atomic mass is 10.1. The molecule has 0 spiro atoms. The number of aryl methyl sites for hydroxylation is 2. The number of H-pyrrole nitrogens is 1. The van der Waals surface area contributed by atoms with Crippen LogP contribution in [0.2, 0.25) is 0 Å². The predicted octanol–water partition coefficient (Wildman–Crippen LogP) is 2.08. The first kappa shape index (κ1) is 8.23. The van der Waals surface area contributed by atoms with Crippen LogP contribution in [0, 0.1) is 0 Å². The minimum Gasteiger partial charge on any atom is -0.281 e. The third-order valence-corrected chi connectivity index (χ3v) is 2.32. The van der Waals surface area contributed by atoms with Gasteiger partial charge in [-0.15, -0.1) is 0 Å². The molecule has 0 amide bonds. The molecule has 0 atom stereocenters. The van der Waals surface area contributed by atoms with E-state index in [0.717, 1.165) is 24.1 Å². The SMILES string of the molecule is CCc1[nH]nc2c(CC)nccc12. The Bertz CT molecular complexity index is 417. The van der Waals surface area contributed by atoms with E-state index in [1.807, 2.05) is 12.3 Å². The van der Waals surface area contributed by atoms with Crippen molar-refractivity contribution in [3.8, 4) is 0 Å². The fourth-order valence-electron chi connectivity index (χ4n) is 1.58. The molecule has 2 aromatic rings. The molecule has 2 rings (SSSR count). The third-order valence-electron chi connectivity index (χ3n) is 2.32. The van der Waals surface area contributed by atoms with Crippen molar-refractivity contribution in [3.63, 3.8) is 0 Å². The molecule has 3 heteroatoms. The molecule has 1 N–H and O–H groups in total. The number of aromatic amines is 1. The molecule has 0 aliphatic rings. The summed E-state index contributed by atoms with van der Waals surface area (Å²) in [5, 5.41) is 8.54. The Kier molecular flexibility index (Phi) is 2.00. The Balaban J connectivity index is 2.72. The molecule has 0 aliphatic heterocycles. The minimum absolute atomic E-state index is 0.936. The summed E-state index contributed by atoms with van der Waals surface area (Å²) in [6.45, 7) is 4.22. The lowest BCUT2D eigenvalue weighted by molar-refractivity contribution is 0.979. The predicted molar refractivity (Wildman–Crippen MR) is 52.6 cm³/mol. The van der Waals surface area contributed by atoms with Crippen molar-refractivity contribution in [3.05, 3.63) is 23.7 Å². The van der Waals surface area contributed by atoms with Gasteiger partial charge in [0.05, 0.1) is 5.69 Å². The summed E-state index contributed by atoms with van der Waals surface area (Å²) in [5.74, 6) is 0. The van der Waals surface area contributed by atoms with Crippen LogP contribution in [0.15, 0.2) is 12.3 Å². The number of nitrogens with one attached hydrogen (secondary N) is 1. The van der Waals surface area contributed by atoms with E-state index in [1.54, 1.807) is 0 Å². The van der Waals surface area contributed by atoms with Crippen LogP contribution in [0.3, 0.4) is 0 Å². The van der Waals surface area contributed by atoms with Gasteiger partial charge in [0.15, 0.2) is 0 Å². The molecule has 68 valence electrons. The first-order valence-corrected chi connectivity index (χ1v) is 4.67. The molecule has 0 saturated carbocycles. The maximum Gasteiger partial charge on any atom is 0.114 e. The van der Waals surface area contributed by atoms with Crippen molar-refractivity contribution in [2.45, 2.75) is 26.7 Å². The summed E-state index contributed by atoms with van der Waals surface area (Å²) >= 11 is 0. The van der Waals surface area contributed by atoms with E-state index in [9.17, 15) is 0 Å². The topological polar surface area (TPSA) is 41.6 Å². The molecule has 0 unspecified atom stereocenters. The largest absolute Gasteiger partial charge is 0.281 e. The lowest BCUT2D eigenvalue weighted by Crippen LogP contribution is -1.87. The number of hydrogen-bond acceptors (Lipinski definition) is 2. The van der Waals surface area contributed by atoms with Gasteiger partial charge in [0.25, 0.3) is 0 Å². The van der Waals surface area contributed by atoms with E-state index < -0.39 is 0 Å². The highest BCUT2D eigenvalue weighted by Gasteiger charge is 2.06. The van der Waals surface area contributed by atoms with E-state index in [2.05, 4.69) is 29.0 Å². The molecule has 0 fully saturated rings. The maximum atomic E-state index is 4.29. The molecule has 0 bridgehead atoms. The van der Waals surface area contributed by atoms with Gasteiger partial charge in [-0.3, -0.25) is 10.1 Å². The van der Waals surface area contributed by atoms with Crippen molar-refractivity contribution in [2.75, 3.05) is 0 Å². The van der Waals surface area contributed by atoms with Crippen LogP contribution in [-0.2, 0) is 12.8 Å². The maximum absolute atomic E-state index is 4.29.